The van der Waals surface area contributed by atoms with Crippen LogP contribution in [-0.4, -0.2) is 9.97 Å². The number of aromatic nitrogens is 2. The van der Waals surface area contributed by atoms with Gasteiger partial charge in [-0.2, -0.15) is 0 Å². The predicted octanol–water partition coefficient (Wildman–Crippen LogP) is 14.0. The normalized spacial score (nSPS) is 19.0. The van der Waals surface area contributed by atoms with E-state index in [-0.39, 0.29) is 11.8 Å². The zero-order valence-electron chi connectivity index (χ0n) is 32.9. The summed E-state index contributed by atoms with van der Waals surface area (Å²) in [5.41, 5.74) is 15.4. The van der Waals surface area contributed by atoms with Crippen molar-refractivity contribution < 1.29 is 13.9 Å². The van der Waals surface area contributed by atoms with E-state index in [2.05, 4.69) is 119 Å². The van der Waals surface area contributed by atoms with Crippen LogP contribution in [0.4, 0.5) is 22.7 Å². The second kappa shape index (κ2) is 12.8. The highest BCUT2D eigenvalue weighted by atomic mass is 32.1. The molecule has 4 aliphatic carbocycles. The van der Waals surface area contributed by atoms with Crippen molar-refractivity contribution in [3.05, 3.63) is 227 Å². The molecule has 2 unspecified atom stereocenters. The Bertz CT molecular complexity index is 3360. The van der Waals surface area contributed by atoms with Gasteiger partial charge in [-0.15, -0.1) is 11.3 Å². The number of hydrogen-bond donors (Lipinski definition) is 0. The lowest BCUT2D eigenvalue weighted by Crippen LogP contribution is -2.34. The Hall–Kier alpha value is -7.94. The van der Waals surface area contributed by atoms with Gasteiger partial charge in [0.25, 0.3) is 0 Å². The fourth-order valence-electron chi connectivity index (χ4n) is 10.0. The van der Waals surface area contributed by atoms with Crippen LogP contribution < -0.4 is 19.3 Å². The maximum atomic E-state index is 6.69. The topological polar surface area (TPSA) is 63.9 Å². The first kappa shape index (κ1) is 33.8. The van der Waals surface area contributed by atoms with Crippen LogP contribution in [0.25, 0.3) is 32.5 Å². The quantitative estimate of drug-likeness (QED) is 0.175. The fraction of sp³-hybridized carbons (Fsp3) is 0.0370. The molecule has 0 saturated carbocycles. The molecule has 6 aliphatic rings. The van der Waals surface area contributed by atoms with E-state index in [1.54, 1.807) is 11.3 Å². The van der Waals surface area contributed by atoms with Crippen LogP contribution in [0.3, 0.4) is 0 Å². The molecular weight excluding hydrogens is 785 g/mol. The van der Waals surface area contributed by atoms with Crippen molar-refractivity contribution in [1.82, 2.24) is 9.97 Å². The molecule has 62 heavy (non-hydrogen) atoms. The first-order valence-corrected chi connectivity index (χ1v) is 21.6. The maximum absolute atomic E-state index is 6.69. The van der Waals surface area contributed by atoms with Gasteiger partial charge in [0.05, 0.1) is 33.0 Å². The van der Waals surface area contributed by atoms with E-state index in [0.717, 1.165) is 100 Å². The third-order valence-corrected chi connectivity index (χ3v) is 13.7. The van der Waals surface area contributed by atoms with E-state index in [0.29, 0.717) is 5.89 Å². The minimum atomic E-state index is -0.0262. The van der Waals surface area contributed by atoms with Gasteiger partial charge in [-0.1, -0.05) is 72.8 Å². The molecule has 0 spiro atoms. The molecule has 0 radical (unpaired) electrons. The molecule has 2 atom stereocenters. The number of thiazole rings is 1. The minimum Gasteiger partial charge on any atom is -0.453 e. The number of hydrogen-bond acceptors (Lipinski definition) is 8. The summed E-state index contributed by atoms with van der Waals surface area (Å²) in [6.45, 7) is 0. The van der Waals surface area contributed by atoms with Gasteiger partial charge >= 0.3 is 0 Å². The van der Waals surface area contributed by atoms with Gasteiger partial charge in [0.15, 0.2) is 28.6 Å². The fourth-order valence-corrected chi connectivity index (χ4v) is 11.0. The van der Waals surface area contributed by atoms with E-state index in [1.807, 2.05) is 72.8 Å². The molecule has 7 nitrogen and oxygen atoms in total. The Balaban J connectivity index is 1.06. The lowest BCUT2D eigenvalue weighted by atomic mass is 9.60. The van der Waals surface area contributed by atoms with Crippen molar-refractivity contribution in [1.29, 1.82) is 0 Å². The Labute approximate surface area is 360 Å². The van der Waals surface area contributed by atoms with Gasteiger partial charge in [0, 0.05) is 34.4 Å². The first-order valence-electron chi connectivity index (χ1n) is 20.8. The first-order chi connectivity index (χ1) is 30.7. The summed E-state index contributed by atoms with van der Waals surface area (Å²) in [4.78, 5) is 15.1. The monoisotopic (exact) mass is 816 g/mol. The average Bonchev–Trinajstić information content (AvgIpc) is 3.96. The summed E-state index contributed by atoms with van der Waals surface area (Å²) < 4.78 is 20.8. The standard InChI is InChI=1S/C54H32N4O3S/c1-7-19-45-39(13-1)55-53(61-45)37-27-31-25-34(58-43-17-5-10-22-48(43)60-49-23-11-6-18-44(49)58)30-36-38(54-56-40-14-2-12-24-50(40)62-54)28-32-26-33(29-35(37)51(32)52(31)36)57-41-15-3-8-20-46(41)59-47-21-9-4-16-42(47)57/h1-30,51-52H. The molecule has 2 aromatic heterocycles. The van der Waals surface area contributed by atoms with Gasteiger partial charge in [0.2, 0.25) is 5.89 Å². The van der Waals surface area contributed by atoms with E-state index >= 15 is 0 Å². The van der Waals surface area contributed by atoms with Crippen LogP contribution in [0.1, 0.15) is 10.9 Å². The Morgan fingerprint density at radius 3 is 1.65 bits per heavy atom. The minimum absolute atomic E-state index is 0.00581. The number of benzene rings is 6. The molecule has 2 aliphatic heterocycles. The van der Waals surface area contributed by atoms with Crippen molar-refractivity contribution in [2.75, 3.05) is 9.80 Å². The largest absolute Gasteiger partial charge is 0.453 e. The number of fused-ring (bicyclic) bond motifs is 6. The third kappa shape index (κ3) is 4.92. The SMILES string of the molecule is C1=C(c2nc3ccccc3o2)C2=CC(N3c4ccccc4Oc4ccccc43)=CC3=CC(c4nc5ccccc5s4)=C4C=C(N5c6ccccc6Oc6ccccc65)C=C1C4C32. The lowest BCUT2D eigenvalue weighted by molar-refractivity contribution is 0.475. The van der Waals surface area contributed by atoms with Crippen molar-refractivity contribution >= 4 is 66.5 Å². The molecule has 8 aromatic rings. The van der Waals surface area contributed by atoms with E-state index in [4.69, 9.17) is 23.9 Å². The number of anilines is 4. The average molecular weight is 817 g/mol. The second-order valence-electron chi connectivity index (χ2n) is 16.1. The van der Waals surface area contributed by atoms with E-state index in [9.17, 15) is 0 Å². The van der Waals surface area contributed by atoms with Gasteiger partial charge in [-0.05, 0) is 132 Å². The zero-order chi connectivity index (χ0) is 40.5. The van der Waals surface area contributed by atoms with Crippen molar-refractivity contribution in [2.24, 2.45) is 11.8 Å². The van der Waals surface area contributed by atoms with Crippen LogP contribution in [0, 0.1) is 11.8 Å². The van der Waals surface area contributed by atoms with Gasteiger partial charge in [-0.25, -0.2) is 9.97 Å². The van der Waals surface area contributed by atoms with E-state index in [1.165, 1.54) is 16.7 Å². The number of allylic oxidation sites excluding steroid dienone is 12. The van der Waals surface area contributed by atoms with Crippen molar-refractivity contribution in [3.8, 4) is 23.0 Å². The van der Waals surface area contributed by atoms with Gasteiger partial charge in [-0.3, -0.25) is 0 Å². The number of oxazole rings is 1. The van der Waals surface area contributed by atoms with Crippen LogP contribution in [0.2, 0.25) is 0 Å². The number of rotatable bonds is 4. The third-order valence-electron chi connectivity index (χ3n) is 12.6. The van der Waals surface area contributed by atoms with Gasteiger partial charge < -0.3 is 23.7 Å². The van der Waals surface area contributed by atoms with Crippen molar-refractivity contribution in [2.45, 2.75) is 0 Å². The molecule has 0 amide bonds. The highest BCUT2D eigenvalue weighted by molar-refractivity contribution is 7.19. The molecule has 6 aromatic carbocycles. The highest BCUT2D eigenvalue weighted by Gasteiger charge is 2.46. The van der Waals surface area contributed by atoms with Crippen LogP contribution in [0.15, 0.2) is 220 Å². The van der Waals surface area contributed by atoms with Crippen LogP contribution in [-0.2, 0) is 0 Å². The molecule has 0 fully saturated rings. The van der Waals surface area contributed by atoms with Crippen LogP contribution >= 0.6 is 11.3 Å². The summed E-state index contributed by atoms with van der Waals surface area (Å²) in [6, 6.07) is 49.5. The molecule has 0 N–H and O–H groups in total. The highest BCUT2D eigenvalue weighted by Crippen LogP contribution is 2.60. The van der Waals surface area contributed by atoms with Crippen LogP contribution in [0.5, 0.6) is 23.0 Å². The second-order valence-corrected chi connectivity index (χ2v) is 17.2. The molecule has 292 valence electrons. The number of ether oxygens (including phenoxy) is 2. The summed E-state index contributed by atoms with van der Waals surface area (Å²) >= 11 is 1.74. The summed E-state index contributed by atoms with van der Waals surface area (Å²) in [7, 11) is 0. The van der Waals surface area contributed by atoms with E-state index < -0.39 is 0 Å². The molecule has 8 heteroatoms. The molecule has 14 rings (SSSR count). The summed E-state index contributed by atoms with van der Waals surface area (Å²) in [6.07, 6.45) is 14.2. The molecular formula is C54H32N4O3S. The number of nitrogens with zero attached hydrogens (tertiary/aromatic N) is 4. The Morgan fingerprint density at radius 2 is 1.02 bits per heavy atom. The molecule has 0 bridgehead atoms. The summed E-state index contributed by atoms with van der Waals surface area (Å²) in [5.74, 6) is 3.80. The lowest BCUT2D eigenvalue weighted by Gasteiger charge is -2.45. The maximum Gasteiger partial charge on any atom is 0.227 e. The molecule has 4 heterocycles. The Morgan fingerprint density at radius 1 is 0.468 bits per heavy atom. The smallest absolute Gasteiger partial charge is 0.227 e. The van der Waals surface area contributed by atoms with Crippen molar-refractivity contribution in [3.63, 3.8) is 0 Å². The Kier molecular flexibility index (Phi) is 6.98. The van der Waals surface area contributed by atoms with Gasteiger partial charge in [0.1, 0.15) is 10.5 Å². The number of para-hydroxylation sites is 11. The predicted molar refractivity (Wildman–Crippen MR) is 246 cm³/mol. The molecule has 0 saturated heterocycles. The zero-order valence-corrected chi connectivity index (χ0v) is 33.7. The summed E-state index contributed by atoms with van der Waals surface area (Å²) in [5, 5.41) is 0.994.